The third-order valence-electron chi connectivity index (χ3n) is 3.89. The molecule has 0 aliphatic heterocycles. The van der Waals surface area contributed by atoms with Crippen molar-refractivity contribution in [1.82, 2.24) is 9.97 Å². The Morgan fingerprint density at radius 3 is 2.79 bits per heavy atom. The van der Waals surface area contributed by atoms with Crippen molar-refractivity contribution in [2.75, 3.05) is 11.9 Å². The van der Waals surface area contributed by atoms with Crippen molar-refractivity contribution in [2.24, 2.45) is 5.92 Å². The Morgan fingerprint density at radius 2 is 2.11 bits per heavy atom. The molecule has 1 heterocycles. The lowest BCUT2D eigenvalue weighted by molar-refractivity contribution is 0.345. The Kier molecular flexibility index (Phi) is 5.00. The monoisotopic (exact) mass is 263 g/mol. The molecule has 0 radical (unpaired) electrons. The summed E-state index contributed by atoms with van der Waals surface area (Å²) in [7, 11) is 0. The van der Waals surface area contributed by atoms with Gasteiger partial charge in [-0.3, -0.25) is 4.79 Å². The highest BCUT2D eigenvalue weighted by Crippen LogP contribution is 2.26. The van der Waals surface area contributed by atoms with E-state index < -0.39 is 0 Å². The standard InChI is InChI=1S/C15H25N3O/c1-11(2)15-17-13(10-14(19)18-15)16-9-8-12-6-4-3-5-7-12/h10-12H,3-9H2,1-2H3,(H2,16,17,18,19). The zero-order valence-corrected chi connectivity index (χ0v) is 12.0. The van der Waals surface area contributed by atoms with E-state index in [9.17, 15) is 4.79 Å². The molecule has 0 bridgehead atoms. The van der Waals surface area contributed by atoms with Crippen LogP contribution in [-0.2, 0) is 0 Å². The third kappa shape index (κ3) is 4.37. The van der Waals surface area contributed by atoms with E-state index >= 15 is 0 Å². The normalized spacial score (nSPS) is 16.8. The van der Waals surface area contributed by atoms with Gasteiger partial charge < -0.3 is 10.3 Å². The van der Waals surface area contributed by atoms with E-state index in [0.717, 1.165) is 18.3 Å². The first kappa shape index (κ1) is 14.1. The Labute approximate surface area is 115 Å². The fourth-order valence-electron chi connectivity index (χ4n) is 2.72. The van der Waals surface area contributed by atoms with Crippen LogP contribution >= 0.6 is 0 Å². The van der Waals surface area contributed by atoms with Crippen LogP contribution in [0, 0.1) is 5.92 Å². The van der Waals surface area contributed by atoms with Crippen LogP contribution in [-0.4, -0.2) is 16.5 Å². The lowest BCUT2D eigenvalue weighted by Crippen LogP contribution is -2.17. The van der Waals surface area contributed by atoms with Crippen molar-refractivity contribution in [3.8, 4) is 0 Å². The van der Waals surface area contributed by atoms with Crippen LogP contribution in [0.25, 0.3) is 0 Å². The number of anilines is 1. The molecule has 0 aromatic carbocycles. The molecular weight excluding hydrogens is 238 g/mol. The summed E-state index contributed by atoms with van der Waals surface area (Å²) in [5.41, 5.74) is -0.0705. The number of aromatic amines is 1. The van der Waals surface area contributed by atoms with Crippen LogP contribution in [0.15, 0.2) is 10.9 Å². The summed E-state index contributed by atoms with van der Waals surface area (Å²) in [6, 6.07) is 1.55. The quantitative estimate of drug-likeness (QED) is 0.857. The highest BCUT2D eigenvalue weighted by Gasteiger charge is 2.13. The molecule has 19 heavy (non-hydrogen) atoms. The molecule has 1 aliphatic carbocycles. The molecule has 106 valence electrons. The maximum Gasteiger partial charge on any atom is 0.252 e. The summed E-state index contributed by atoms with van der Waals surface area (Å²) in [4.78, 5) is 18.8. The van der Waals surface area contributed by atoms with Crippen LogP contribution in [0.1, 0.15) is 64.1 Å². The number of rotatable bonds is 5. The second-order valence-corrected chi connectivity index (χ2v) is 5.89. The van der Waals surface area contributed by atoms with Gasteiger partial charge in [0.15, 0.2) is 0 Å². The first-order valence-corrected chi connectivity index (χ1v) is 7.50. The topological polar surface area (TPSA) is 57.8 Å². The maximum atomic E-state index is 11.5. The number of H-pyrrole nitrogens is 1. The van der Waals surface area contributed by atoms with Gasteiger partial charge >= 0.3 is 0 Å². The zero-order chi connectivity index (χ0) is 13.7. The lowest BCUT2D eigenvalue weighted by atomic mass is 9.87. The highest BCUT2D eigenvalue weighted by molar-refractivity contribution is 5.33. The smallest absolute Gasteiger partial charge is 0.252 e. The van der Waals surface area contributed by atoms with E-state index in [0.29, 0.717) is 5.82 Å². The summed E-state index contributed by atoms with van der Waals surface area (Å²) >= 11 is 0. The van der Waals surface area contributed by atoms with Crippen LogP contribution in [0.4, 0.5) is 5.82 Å². The lowest BCUT2D eigenvalue weighted by Gasteiger charge is -2.21. The minimum atomic E-state index is -0.0705. The average molecular weight is 263 g/mol. The minimum Gasteiger partial charge on any atom is -0.370 e. The SMILES string of the molecule is CC(C)c1nc(NCCC2CCCCC2)cc(=O)[nH]1. The summed E-state index contributed by atoms with van der Waals surface area (Å²) in [6.45, 7) is 4.98. The van der Waals surface area contributed by atoms with Gasteiger partial charge in [0.05, 0.1) is 0 Å². The molecule has 2 rings (SSSR count). The summed E-state index contributed by atoms with van der Waals surface area (Å²) in [5.74, 6) is 2.57. The number of aromatic nitrogens is 2. The number of hydrogen-bond acceptors (Lipinski definition) is 3. The summed E-state index contributed by atoms with van der Waals surface area (Å²) in [5, 5.41) is 3.30. The van der Waals surface area contributed by atoms with E-state index in [1.54, 1.807) is 6.07 Å². The van der Waals surface area contributed by atoms with Crippen molar-refractivity contribution in [2.45, 2.75) is 58.3 Å². The van der Waals surface area contributed by atoms with E-state index in [2.05, 4.69) is 15.3 Å². The number of hydrogen-bond donors (Lipinski definition) is 2. The molecular formula is C15H25N3O. The summed E-state index contributed by atoms with van der Waals surface area (Å²) < 4.78 is 0. The molecule has 2 N–H and O–H groups in total. The molecule has 0 atom stereocenters. The van der Waals surface area contributed by atoms with Gasteiger partial charge in [-0.05, 0) is 12.3 Å². The first-order chi connectivity index (χ1) is 9.15. The van der Waals surface area contributed by atoms with Gasteiger partial charge in [-0.25, -0.2) is 4.98 Å². The highest BCUT2D eigenvalue weighted by atomic mass is 16.1. The van der Waals surface area contributed by atoms with Crippen LogP contribution in [0.2, 0.25) is 0 Å². The fraction of sp³-hybridized carbons (Fsp3) is 0.733. The van der Waals surface area contributed by atoms with Gasteiger partial charge in [-0.2, -0.15) is 0 Å². The summed E-state index contributed by atoms with van der Waals surface area (Å²) in [6.07, 6.45) is 8.07. The van der Waals surface area contributed by atoms with Gasteiger partial charge in [0.2, 0.25) is 0 Å². The molecule has 1 aromatic rings. The van der Waals surface area contributed by atoms with Crippen molar-refractivity contribution >= 4 is 5.82 Å². The Balaban J connectivity index is 1.86. The largest absolute Gasteiger partial charge is 0.370 e. The van der Waals surface area contributed by atoms with E-state index in [-0.39, 0.29) is 11.5 Å². The molecule has 0 unspecified atom stereocenters. The van der Waals surface area contributed by atoms with Crippen molar-refractivity contribution in [1.29, 1.82) is 0 Å². The second kappa shape index (κ2) is 6.73. The molecule has 1 saturated carbocycles. The number of nitrogens with zero attached hydrogens (tertiary/aromatic N) is 1. The molecule has 4 heteroatoms. The van der Waals surface area contributed by atoms with Gasteiger partial charge in [0, 0.05) is 18.5 Å². The van der Waals surface area contributed by atoms with Gasteiger partial charge in [-0.15, -0.1) is 0 Å². The molecule has 1 fully saturated rings. The molecule has 0 saturated heterocycles. The molecule has 0 amide bonds. The maximum absolute atomic E-state index is 11.5. The predicted molar refractivity (Wildman–Crippen MR) is 78.6 cm³/mol. The first-order valence-electron chi connectivity index (χ1n) is 7.50. The second-order valence-electron chi connectivity index (χ2n) is 5.89. The van der Waals surface area contributed by atoms with Crippen molar-refractivity contribution in [3.63, 3.8) is 0 Å². The Morgan fingerprint density at radius 1 is 1.37 bits per heavy atom. The van der Waals surface area contributed by atoms with Crippen molar-refractivity contribution < 1.29 is 0 Å². The zero-order valence-electron chi connectivity index (χ0n) is 12.0. The average Bonchev–Trinajstić information content (AvgIpc) is 2.39. The van der Waals surface area contributed by atoms with E-state index in [4.69, 9.17) is 0 Å². The van der Waals surface area contributed by atoms with Gasteiger partial charge in [-0.1, -0.05) is 46.0 Å². The Bertz CT molecular complexity index is 447. The molecule has 4 nitrogen and oxygen atoms in total. The number of nitrogens with one attached hydrogen (secondary N) is 2. The van der Waals surface area contributed by atoms with Gasteiger partial charge in [0.1, 0.15) is 11.6 Å². The van der Waals surface area contributed by atoms with Crippen LogP contribution in [0.3, 0.4) is 0 Å². The molecule has 1 aromatic heterocycles. The van der Waals surface area contributed by atoms with E-state index in [1.807, 2.05) is 13.8 Å². The fourth-order valence-corrected chi connectivity index (χ4v) is 2.72. The van der Waals surface area contributed by atoms with Crippen LogP contribution in [0.5, 0.6) is 0 Å². The molecule has 1 aliphatic rings. The molecule has 0 spiro atoms. The minimum absolute atomic E-state index is 0.0705. The van der Waals surface area contributed by atoms with Crippen LogP contribution < -0.4 is 10.9 Å². The van der Waals surface area contributed by atoms with E-state index in [1.165, 1.54) is 38.5 Å². The third-order valence-corrected chi connectivity index (χ3v) is 3.89. The van der Waals surface area contributed by atoms with Gasteiger partial charge in [0.25, 0.3) is 5.56 Å². The van der Waals surface area contributed by atoms with Crippen molar-refractivity contribution in [3.05, 3.63) is 22.2 Å². The predicted octanol–water partition coefficient (Wildman–Crippen LogP) is 3.28. The Hall–Kier alpha value is -1.32.